The molecular weight excluding hydrogens is 256 g/mol. The van der Waals surface area contributed by atoms with Gasteiger partial charge in [0, 0.05) is 15.3 Å². The van der Waals surface area contributed by atoms with Crippen LogP contribution in [0.3, 0.4) is 0 Å². The Balaban J connectivity index is 2.29. The summed E-state index contributed by atoms with van der Waals surface area (Å²) < 4.78 is 0. The summed E-state index contributed by atoms with van der Waals surface area (Å²) in [6, 6.07) is 7.50. The SMILES string of the molecule is Cc1ccc(C=Cc2cc(O)c(C(C)C)c(O)c2)s1. The van der Waals surface area contributed by atoms with E-state index in [1.807, 2.05) is 26.0 Å². The van der Waals surface area contributed by atoms with Crippen molar-refractivity contribution in [3.63, 3.8) is 0 Å². The lowest BCUT2D eigenvalue weighted by Gasteiger charge is -2.11. The molecule has 0 bridgehead atoms. The number of rotatable bonds is 3. The predicted molar refractivity (Wildman–Crippen MR) is 81.8 cm³/mol. The maximum atomic E-state index is 9.95. The fourth-order valence-corrected chi connectivity index (χ4v) is 2.83. The summed E-state index contributed by atoms with van der Waals surface area (Å²) in [4.78, 5) is 2.42. The maximum Gasteiger partial charge on any atom is 0.123 e. The highest BCUT2D eigenvalue weighted by atomic mass is 32.1. The molecule has 0 aliphatic rings. The standard InChI is InChI=1S/C16H18O2S/c1-10(2)16-14(17)8-12(9-15(16)18)5-7-13-6-4-11(3)19-13/h4-10,17-18H,1-3H3. The second kappa shape index (κ2) is 5.49. The summed E-state index contributed by atoms with van der Waals surface area (Å²) in [6.45, 7) is 5.95. The quantitative estimate of drug-likeness (QED) is 0.847. The molecule has 0 fully saturated rings. The predicted octanol–water partition coefficient (Wildman–Crippen LogP) is 4.76. The molecule has 0 saturated carbocycles. The van der Waals surface area contributed by atoms with Gasteiger partial charge in [0.05, 0.1) is 0 Å². The van der Waals surface area contributed by atoms with E-state index in [0.29, 0.717) is 5.56 Å². The van der Waals surface area contributed by atoms with Crippen molar-refractivity contribution in [1.82, 2.24) is 0 Å². The summed E-state index contributed by atoms with van der Waals surface area (Å²) in [5, 5.41) is 19.9. The summed E-state index contributed by atoms with van der Waals surface area (Å²) in [5.74, 6) is 0.395. The van der Waals surface area contributed by atoms with Crippen LogP contribution >= 0.6 is 11.3 Å². The Morgan fingerprint density at radius 3 is 2.16 bits per heavy atom. The number of aromatic hydroxyl groups is 2. The van der Waals surface area contributed by atoms with Gasteiger partial charge in [0.15, 0.2) is 0 Å². The molecule has 0 saturated heterocycles. The average molecular weight is 274 g/mol. The minimum atomic E-state index is 0.0953. The first-order chi connectivity index (χ1) is 8.97. The number of hydrogen-bond donors (Lipinski definition) is 2. The van der Waals surface area contributed by atoms with Gasteiger partial charge < -0.3 is 10.2 Å². The number of aryl methyl sites for hydroxylation is 1. The zero-order valence-corrected chi connectivity index (χ0v) is 12.2. The molecule has 0 unspecified atom stereocenters. The molecule has 1 aromatic heterocycles. The molecule has 2 N–H and O–H groups in total. The normalized spacial score (nSPS) is 11.6. The van der Waals surface area contributed by atoms with Crippen LogP contribution in [0, 0.1) is 6.92 Å². The van der Waals surface area contributed by atoms with Gasteiger partial charge in [-0.05, 0) is 48.7 Å². The van der Waals surface area contributed by atoms with Crippen LogP contribution in [0.25, 0.3) is 12.2 Å². The number of phenols is 2. The summed E-state index contributed by atoms with van der Waals surface area (Å²) in [5.41, 5.74) is 1.40. The first-order valence-electron chi connectivity index (χ1n) is 6.27. The number of hydrogen-bond acceptors (Lipinski definition) is 3. The van der Waals surface area contributed by atoms with Gasteiger partial charge in [-0.2, -0.15) is 0 Å². The fraction of sp³-hybridized carbons (Fsp3) is 0.250. The van der Waals surface area contributed by atoms with Gasteiger partial charge in [0.1, 0.15) is 11.5 Å². The zero-order valence-electron chi connectivity index (χ0n) is 11.3. The lowest BCUT2D eigenvalue weighted by Crippen LogP contribution is -1.90. The van der Waals surface area contributed by atoms with E-state index >= 15 is 0 Å². The average Bonchev–Trinajstić information content (AvgIpc) is 2.71. The number of phenolic OH excluding ortho intramolecular Hbond substituents is 2. The first-order valence-corrected chi connectivity index (χ1v) is 7.09. The van der Waals surface area contributed by atoms with E-state index in [1.165, 1.54) is 4.88 Å². The second-order valence-corrected chi connectivity index (χ2v) is 6.23. The maximum absolute atomic E-state index is 9.95. The Morgan fingerprint density at radius 2 is 1.68 bits per heavy atom. The molecule has 0 spiro atoms. The number of benzene rings is 1. The van der Waals surface area contributed by atoms with Crippen LogP contribution in [0.5, 0.6) is 11.5 Å². The third-order valence-electron chi connectivity index (χ3n) is 2.94. The molecule has 0 atom stereocenters. The Bertz CT molecular complexity index is 586. The molecule has 19 heavy (non-hydrogen) atoms. The van der Waals surface area contributed by atoms with Gasteiger partial charge in [-0.25, -0.2) is 0 Å². The number of thiophene rings is 1. The molecular formula is C16H18O2S. The fourth-order valence-electron chi connectivity index (χ4n) is 2.05. The van der Waals surface area contributed by atoms with E-state index < -0.39 is 0 Å². The van der Waals surface area contributed by atoms with Crippen LogP contribution in [0.4, 0.5) is 0 Å². The van der Waals surface area contributed by atoms with E-state index in [4.69, 9.17) is 0 Å². The highest BCUT2D eigenvalue weighted by Gasteiger charge is 2.12. The van der Waals surface area contributed by atoms with Crippen LogP contribution in [0.1, 0.15) is 40.6 Å². The Morgan fingerprint density at radius 1 is 1.05 bits per heavy atom. The third kappa shape index (κ3) is 3.18. The van der Waals surface area contributed by atoms with Crippen molar-refractivity contribution in [3.05, 3.63) is 45.1 Å². The highest BCUT2D eigenvalue weighted by Crippen LogP contribution is 2.35. The van der Waals surface area contributed by atoms with Gasteiger partial charge in [0.2, 0.25) is 0 Å². The van der Waals surface area contributed by atoms with E-state index in [1.54, 1.807) is 23.5 Å². The lowest BCUT2D eigenvalue weighted by atomic mass is 9.99. The van der Waals surface area contributed by atoms with Gasteiger partial charge in [-0.15, -0.1) is 11.3 Å². The minimum Gasteiger partial charge on any atom is -0.507 e. The summed E-state index contributed by atoms with van der Waals surface area (Å²) in [7, 11) is 0. The molecule has 1 heterocycles. The van der Waals surface area contributed by atoms with Gasteiger partial charge in [-0.3, -0.25) is 0 Å². The van der Waals surface area contributed by atoms with E-state index in [-0.39, 0.29) is 17.4 Å². The van der Waals surface area contributed by atoms with Gasteiger partial charge >= 0.3 is 0 Å². The largest absolute Gasteiger partial charge is 0.507 e. The zero-order chi connectivity index (χ0) is 14.0. The summed E-state index contributed by atoms with van der Waals surface area (Å²) >= 11 is 1.71. The minimum absolute atomic E-state index is 0.0953. The smallest absolute Gasteiger partial charge is 0.123 e. The van der Waals surface area contributed by atoms with Crippen LogP contribution in [-0.2, 0) is 0 Å². The molecule has 100 valence electrons. The topological polar surface area (TPSA) is 40.5 Å². The van der Waals surface area contributed by atoms with Crippen LogP contribution < -0.4 is 0 Å². The molecule has 2 rings (SSSR count). The molecule has 2 aromatic rings. The Hall–Kier alpha value is -1.74. The van der Waals surface area contributed by atoms with Crippen LogP contribution in [0.2, 0.25) is 0 Å². The van der Waals surface area contributed by atoms with Crippen molar-refractivity contribution in [2.45, 2.75) is 26.7 Å². The van der Waals surface area contributed by atoms with E-state index in [9.17, 15) is 10.2 Å². The van der Waals surface area contributed by atoms with Crippen molar-refractivity contribution >= 4 is 23.5 Å². The van der Waals surface area contributed by atoms with Crippen molar-refractivity contribution in [3.8, 4) is 11.5 Å². The Kier molecular flexibility index (Phi) is 3.96. The monoisotopic (exact) mass is 274 g/mol. The highest BCUT2D eigenvalue weighted by molar-refractivity contribution is 7.12. The second-order valence-electron chi connectivity index (χ2n) is 4.91. The van der Waals surface area contributed by atoms with Crippen molar-refractivity contribution in [1.29, 1.82) is 0 Å². The van der Waals surface area contributed by atoms with E-state index in [0.717, 1.165) is 10.4 Å². The van der Waals surface area contributed by atoms with Crippen molar-refractivity contribution < 1.29 is 10.2 Å². The van der Waals surface area contributed by atoms with Gasteiger partial charge in [-0.1, -0.05) is 19.9 Å². The molecule has 0 aliphatic carbocycles. The van der Waals surface area contributed by atoms with Crippen LogP contribution in [0.15, 0.2) is 24.3 Å². The van der Waals surface area contributed by atoms with E-state index in [2.05, 4.69) is 19.1 Å². The summed E-state index contributed by atoms with van der Waals surface area (Å²) in [6.07, 6.45) is 3.88. The molecule has 0 radical (unpaired) electrons. The van der Waals surface area contributed by atoms with Crippen LogP contribution in [-0.4, -0.2) is 10.2 Å². The Labute approximate surface area is 117 Å². The molecule has 0 amide bonds. The van der Waals surface area contributed by atoms with Crippen molar-refractivity contribution in [2.75, 3.05) is 0 Å². The third-order valence-corrected chi connectivity index (χ3v) is 3.90. The molecule has 2 nitrogen and oxygen atoms in total. The van der Waals surface area contributed by atoms with Gasteiger partial charge in [0.25, 0.3) is 0 Å². The molecule has 1 aromatic carbocycles. The first kappa shape index (κ1) is 13.7. The molecule has 3 heteroatoms. The van der Waals surface area contributed by atoms with Crippen molar-refractivity contribution in [2.24, 2.45) is 0 Å². The molecule has 0 aliphatic heterocycles. The lowest BCUT2D eigenvalue weighted by molar-refractivity contribution is 0.433.